The van der Waals surface area contributed by atoms with Gasteiger partial charge in [-0.3, -0.25) is 0 Å². The van der Waals surface area contributed by atoms with E-state index in [1.54, 1.807) is 18.2 Å². The first-order valence-corrected chi connectivity index (χ1v) is 9.57. The van der Waals surface area contributed by atoms with Crippen molar-refractivity contribution in [2.75, 3.05) is 10.6 Å². The summed E-state index contributed by atoms with van der Waals surface area (Å²) in [5.41, 5.74) is 1.97. The second kappa shape index (κ2) is 7.83. The molecule has 0 radical (unpaired) electrons. The summed E-state index contributed by atoms with van der Waals surface area (Å²) in [5, 5.41) is 5.04. The van der Waals surface area contributed by atoms with Crippen LogP contribution in [0.3, 0.4) is 0 Å². The fourth-order valence-corrected chi connectivity index (χ4v) is 3.28. The van der Waals surface area contributed by atoms with Crippen molar-refractivity contribution in [2.45, 2.75) is 6.18 Å². The second-order valence-electron chi connectivity index (χ2n) is 6.48. The molecule has 0 saturated carbocycles. The van der Waals surface area contributed by atoms with Gasteiger partial charge in [0.2, 0.25) is 0 Å². The number of nitrogens with zero attached hydrogens (tertiary/aromatic N) is 2. The van der Waals surface area contributed by atoms with Gasteiger partial charge in [-0.15, -0.1) is 0 Å². The minimum atomic E-state index is -4.48. The summed E-state index contributed by atoms with van der Waals surface area (Å²) >= 11 is 3.41. The Morgan fingerprint density at radius 1 is 0.933 bits per heavy atom. The Hall–Kier alpha value is -3.33. The highest BCUT2D eigenvalue weighted by molar-refractivity contribution is 9.10. The molecule has 0 atom stereocenters. The number of carbonyl (C=O) groups excluding carboxylic acids is 1. The normalized spacial score (nSPS) is 11.5. The van der Waals surface area contributed by atoms with E-state index in [1.165, 1.54) is 12.1 Å². The van der Waals surface area contributed by atoms with Gasteiger partial charge in [-0.05, 0) is 58.4 Å². The maximum atomic E-state index is 12.8. The van der Waals surface area contributed by atoms with Crippen LogP contribution in [0.4, 0.5) is 29.3 Å². The molecule has 0 aliphatic rings. The number of rotatable bonds is 3. The van der Waals surface area contributed by atoms with Crippen molar-refractivity contribution in [3.63, 3.8) is 0 Å². The zero-order valence-corrected chi connectivity index (χ0v) is 16.8. The van der Waals surface area contributed by atoms with Crippen LogP contribution in [0.5, 0.6) is 0 Å². The molecule has 0 aliphatic carbocycles. The SMILES string of the molecule is O=C(Nc1cccc(-c2cn3cc(Br)ccc3n2)c1)Nc1cccc(C(F)(F)F)c1. The molecule has 0 bridgehead atoms. The fourth-order valence-electron chi connectivity index (χ4n) is 2.93. The molecule has 0 spiro atoms. The topological polar surface area (TPSA) is 58.4 Å². The summed E-state index contributed by atoms with van der Waals surface area (Å²) in [4.78, 5) is 16.8. The first-order chi connectivity index (χ1) is 14.3. The molecule has 2 N–H and O–H groups in total. The number of amides is 2. The second-order valence-corrected chi connectivity index (χ2v) is 7.39. The molecule has 152 valence electrons. The minimum absolute atomic E-state index is 0.0457. The summed E-state index contributed by atoms with van der Waals surface area (Å²) in [6.07, 6.45) is -0.732. The Labute approximate surface area is 177 Å². The average Bonchev–Trinajstić information content (AvgIpc) is 3.11. The monoisotopic (exact) mass is 474 g/mol. The summed E-state index contributed by atoms with van der Waals surface area (Å²) in [6, 6.07) is 14.6. The minimum Gasteiger partial charge on any atom is -0.308 e. The number of pyridine rings is 1. The molecule has 5 nitrogen and oxygen atoms in total. The Bertz CT molecular complexity index is 1240. The zero-order chi connectivity index (χ0) is 21.3. The van der Waals surface area contributed by atoms with E-state index in [9.17, 15) is 18.0 Å². The van der Waals surface area contributed by atoms with Crippen molar-refractivity contribution < 1.29 is 18.0 Å². The van der Waals surface area contributed by atoms with Gasteiger partial charge < -0.3 is 15.0 Å². The van der Waals surface area contributed by atoms with Gasteiger partial charge in [0.15, 0.2) is 0 Å². The molecule has 0 fully saturated rings. The Morgan fingerprint density at radius 3 is 2.37 bits per heavy atom. The predicted molar refractivity (Wildman–Crippen MR) is 112 cm³/mol. The van der Waals surface area contributed by atoms with E-state index in [1.807, 2.05) is 35.0 Å². The molecule has 0 unspecified atom stereocenters. The maximum absolute atomic E-state index is 12.8. The molecule has 0 aliphatic heterocycles. The summed E-state index contributed by atoms with van der Waals surface area (Å²) in [6.45, 7) is 0. The summed E-state index contributed by atoms with van der Waals surface area (Å²) < 4.78 is 41.2. The van der Waals surface area contributed by atoms with Crippen LogP contribution >= 0.6 is 15.9 Å². The van der Waals surface area contributed by atoms with Gasteiger partial charge in [-0.2, -0.15) is 13.2 Å². The van der Waals surface area contributed by atoms with E-state index in [0.717, 1.165) is 33.5 Å². The lowest BCUT2D eigenvalue weighted by Gasteiger charge is -2.11. The first-order valence-electron chi connectivity index (χ1n) is 8.78. The first kappa shape index (κ1) is 20.0. The molecular formula is C21H14BrF3N4O. The van der Waals surface area contributed by atoms with Crippen LogP contribution in [0.1, 0.15) is 5.56 Å². The van der Waals surface area contributed by atoms with Crippen molar-refractivity contribution in [3.05, 3.63) is 83.1 Å². The Kier molecular flexibility index (Phi) is 5.21. The van der Waals surface area contributed by atoms with Gasteiger partial charge >= 0.3 is 12.2 Å². The highest BCUT2D eigenvalue weighted by Crippen LogP contribution is 2.30. The standard InChI is InChI=1S/C21H14BrF3N4O/c22-15-7-8-19-28-18(12-29(19)11-15)13-3-1-5-16(9-13)26-20(30)27-17-6-2-4-14(10-17)21(23,24)25/h1-12H,(H2,26,27,30). The van der Waals surface area contributed by atoms with Crippen molar-refractivity contribution in [1.82, 2.24) is 9.38 Å². The smallest absolute Gasteiger partial charge is 0.308 e. The average molecular weight is 475 g/mol. The molecular weight excluding hydrogens is 461 g/mol. The number of hydrogen-bond donors (Lipinski definition) is 2. The largest absolute Gasteiger partial charge is 0.416 e. The van der Waals surface area contributed by atoms with Crippen molar-refractivity contribution in [1.29, 1.82) is 0 Å². The number of urea groups is 1. The zero-order valence-electron chi connectivity index (χ0n) is 15.2. The van der Waals surface area contributed by atoms with E-state index in [-0.39, 0.29) is 5.69 Å². The molecule has 2 aromatic heterocycles. The summed E-state index contributed by atoms with van der Waals surface area (Å²) in [7, 11) is 0. The van der Waals surface area contributed by atoms with E-state index in [4.69, 9.17) is 0 Å². The van der Waals surface area contributed by atoms with E-state index >= 15 is 0 Å². The van der Waals surface area contributed by atoms with Gasteiger partial charge in [0.05, 0.1) is 11.3 Å². The third-order valence-corrected chi connectivity index (χ3v) is 4.75. The van der Waals surface area contributed by atoms with Gasteiger partial charge in [-0.25, -0.2) is 9.78 Å². The summed E-state index contributed by atoms with van der Waals surface area (Å²) in [5.74, 6) is 0. The van der Waals surface area contributed by atoms with Crippen LogP contribution in [0.2, 0.25) is 0 Å². The highest BCUT2D eigenvalue weighted by Gasteiger charge is 2.30. The molecule has 0 saturated heterocycles. The lowest BCUT2D eigenvalue weighted by atomic mass is 10.1. The molecule has 30 heavy (non-hydrogen) atoms. The molecule has 2 amide bonds. The number of alkyl halides is 3. The number of imidazole rings is 1. The Morgan fingerprint density at radius 2 is 1.63 bits per heavy atom. The van der Waals surface area contributed by atoms with E-state index in [2.05, 4.69) is 31.5 Å². The van der Waals surface area contributed by atoms with Gasteiger partial charge in [0.25, 0.3) is 0 Å². The number of halogens is 4. The maximum Gasteiger partial charge on any atom is 0.416 e. The van der Waals surface area contributed by atoms with Gasteiger partial charge in [-0.1, -0.05) is 18.2 Å². The van der Waals surface area contributed by atoms with Gasteiger partial charge in [0, 0.05) is 33.8 Å². The quantitative estimate of drug-likeness (QED) is 0.359. The predicted octanol–water partition coefficient (Wildman–Crippen LogP) is 6.43. The van der Waals surface area contributed by atoms with E-state index < -0.39 is 17.8 Å². The number of anilines is 2. The highest BCUT2D eigenvalue weighted by atomic mass is 79.9. The molecule has 4 rings (SSSR count). The Balaban J connectivity index is 1.51. The van der Waals surface area contributed by atoms with Crippen molar-refractivity contribution in [2.24, 2.45) is 0 Å². The number of carbonyl (C=O) groups is 1. The van der Waals surface area contributed by atoms with Crippen LogP contribution in [-0.4, -0.2) is 15.4 Å². The molecule has 2 heterocycles. The number of aromatic nitrogens is 2. The van der Waals surface area contributed by atoms with Crippen LogP contribution in [0.15, 0.2) is 77.5 Å². The van der Waals surface area contributed by atoms with Crippen LogP contribution in [-0.2, 0) is 6.18 Å². The fraction of sp³-hybridized carbons (Fsp3) is 0.0476. The third kappa shape index (κ3) is 4.46. The molecule has 4 aromatic rings. The van der Waals surface area contributed by atoms with Crippen molar-refractivity contribution in [3.8, 4) is 11.3 Å². The van der Waals surface area contributed by atoms with Crippen LogP contribution < -0.4 is 10.6 Å². The number of hydrogen-bond acceptors (Lipinski definition) is 2. The van der Waals surface area contributed by atoms with Gasteiger partial charge in [0.1, 0.15) is 5.65 Å². The third-order valence-electron chi connectivity index (χ3n) is 4.28. The molecule has 9 heteroatoms. The lowest BCUT2D eigenvalue weighted by Crippen LogP contribution is -2.19. The lowest BCUT2D eigenvalue weighted by molar-refractivity contribution is -0.137. The van der Waals surface area contributed by atoms with E-state index in [0.29, 0.717) is 5.69 Å². The van der Waals surface area contributed by atoms with Crippen LogP contribution in [0.25, 0.3) is 16.9 Å². The van der Waals surface area contributed by atoms with Crippen molar-refractivity contribution >= 4 is 39.0 Å². The molecule has 2 aromatic carbocycles. The van der Waals surface area contributed by atoms with Crippen LogP contribution in [0, 0.1) is 0 Å². The number of fused-ring (bicyclic) bond motifs is 1. The number of nitrogens with one attached hydrogen (secondary N) is 2. The number of benzene rings is 2.